The summed E-state index contributed by atoms with van der Waals surface area (Å²) in [6.07, 6.45) is 0.853. The second-order valence-corrected chi connectivity index (χ2v) is 2.39. The average Bonchev–Trinajstić information content (AvgIpc) is 2.05. The number of carbonyl (C=O) groups is 1. The maximum absolute atomic E-state index is 10.9. The first-order valence-electron chi connectivity index (χ1n) is 3.92. The van der Waals surface area contributed by atoms with E-state index in [2.05, 4.69) is 10.5 Å². The van der Waals surface area contributed by atoms with Gasteiger partial charge in [-0.25, -0.2) is 0 Å². The highest BCUT2D eigenvalue weighted by Gasteiger charge is 2.19. The lowest BCUT2D eigenvalue weighted by atomic mass is 10.0. The molecule has 0 aromatic heterocycles. The molecule has 0 saturated heterocycles. The lowest BCUT2D eigenvalue weighted by molar-refractivity contribution is -0.143. The van der Waals surface area contributed by atoms with Crippen molar-refractivity contribution in [1.82, 2.24) is 0 Å². The Labute approximate surface area is 63.0 Å². The number of nitrogens with two attached hydrogens (primary N) is 1. The van der Waals surface area contributed by atoms with Gasteiger partial charge in [-0.1, -0.05) is 20.3 Å². The number of hydrogen-bond acceptors (Lipinski definition) is 3. The van der Waals surface area contributed by atoms with E-state index in [0.29, 0.717) is 0 Å². The van der Waals surface area contributed by atoms with Crippen LogP contribution in [0.3, 0.4) is 0 Å². The van der Waals surface area contributed by atoms with Gasteiger partial charge in [0, 0.05) is 0 Å². The molecule has 0 rings (SSSR count). The first kappa shape index (κ1) is 7.54. The van der Waals surface area contributed by atoms with Crippen molar-refractivity contribution < 1.29 is 10.9 Å². The van der Waals surface area contributed by atoms with Gasteiger partial charge in [-0.3, -0.25) is 4.79 Å². The zero-order valence-electron chi connectivity index (χ0n) is 7.68. The Hall–Kier alpha value is -0.570. The summed E-state index contributed by atoms with van der Waals surface area (Å²) in [6.45, 7) is 3.88. The molecule has 0 unspecified atom stereocenters. The van der Waals surface area contributed by atoms with Crippen LogP contribution >= 0.6 is 0 Å². The Bertz CT molecular complexity index is 130. The molecule has 0 aliphatic rings. The Morgan fingerprint density at radius 3 is 2.80 bits per heavy atom. The number of hydrogen-bond donors (Lipinski definition) is 1. The van der Waals surface area contributed by atoms with Crippen molar-refractivity contribution in [1.29, 1.82) is 0 Å². The number of methoxy groups -OCH3 is 1. The largest absolute Gasteiger partial charge is 0.468 e. The summed E-state index contributed by atoms with van der Waals surface area (Å²) in [5.74, 6) is -0.228. The van der Waals surface area contributed by atoms with Crippen molar-refractivity contribution in [3.63, 3.8) is 0 Å². The molecule has 0 bridgehead atoms. The van der Waals surface area contributed by atoms with E-state index in [0.717, 1.165) is 6.42 Å². The Morgan fingerprint density at radius 2 is 2.50 bits per heavy atom. The van der Waals surface area contributed by atoms with E-state index in [1.807, 2.05) is 13.8 Å². The predicted octanol–water partition coefficient (Wildman–Crippen LogP) is 0.533. The predicted molar refractivity (Wildman–Crippen MR) is 39.4 cm³/mol. The molecule has 0 amide bonds. The van der Waals surface area contributed by atoms with Gasteiger partial charge >= 0.3 is 5.97 Å². The van der Waals surface area contributed by atoms with Crippen molar-refractivity contribution in [2.24, 2.45) is 11.6 Å². The summed E-state index contributed by atoms with van der Waals surface area (Å²) in [4.78, 5) is 10.9. The maximum atomic E-state index is 10.9. The minimum absolute atomic E-state index is 0.139. The Balaban J connectivity index is 4.03. The zero-order valence-corrected chi connectivity index (χ0v) is 6.68. The summed E-state index contributed by atoms with van der Waals surface area (Å²) in [6, 6.07) is -0.495. The molecule has 0 aliphatic heterocycles. The quantitative estimate of drug-likeness (QED) is 0.589. The van der Waals surface area contributed by atoms with Crippen molar-refractivity contribution >= 4 is 5.97 Å². The standard InChI is InChI=1S/C7H15NO2/c1-4-5(2)6(8)7(9)10-3/h5-6H,4,8H2,1-3H3/t5-,6-/m0/s1/i/hD. The molecule has 0 radical (unpaired) electrons. The molecule has 0 aromatic rings. The zero-order chi connectivity index (χ0) is 8.85. The van der Waals surface area contributed by atoms with Gasteiger partial charge in [0.2, 0.25) is 0 Å². The van der Waals surface area contributed by atoms with Crippen LogP contribution in [-0.4, -0.2) is 19.1 Å². The van der Waals surface area contributed by atoms with Crippen LogP contribution in [0.2, 0.25) is 1.41 Å². The smallest absolute Gasteiger partial charge is 0.322 e. The van der Waals surface area contributed by atoms with Crippen LogP contribution in [0, 0.1) is 5.92 Å². The van der Waals surface area contributed by atoms with Gasteiger partial charge in [-0.2, -0.15) is 0 Å². The van der Waals surface area contributed by atoms with Gasteiger partial charge in [0.1, 0.15) is 7.45 Å². The minimum Gasteiger partial charge on any atom is -0.468 e. The molecule has 60 valence electrons. The van der Waals surface area contributed by atoms with E-state index in [1.54, 1.807) is 0 Å². The fourth-order valence-corrected chi connectivity index (χ4v) is 0.595. The summed E-state index contributed by atoms with van der Waals surface area (Å²) in [5, 5.41) is 0. The normalized spacial score (nSPS) is 17.3. The molecule has 2 N–H and O–H groups in total. The lowest BCUT2D eigenvalue weighted by Gasteiger charge is -2.14. The molecule has 10 heavy (non-hydrogen) atoms. The molecular weight excluding hydrogens is 130 g/mol. The second-order valence-electron chi connectivity index (χ2n) is 2.39. The molecule has 0 saturated carbocycles. The van der Waals surface area contributed by atoms with Crippen LogP contribution < -0.4 is 5.73 Å². The third-order valence-corrected chi connectivity index (χ3v) is 1.67. The molecule has 0 heterocycles. The second kappa shape index (κ2) is 4.28. The van der Waals surface area contributed by atoms with Crippen LogP contribution in [0.1, 0.15) is 20.3 Å². The van der Waals surface area contributed by atoms with Gasteiger partial charge in [0.05, 0.1) is 7.11 Å². The highest BCUT2D eigenvalue weighted by atomic mass is 16.5. The fourth-order valence-electron chi connectivity index (χ4n) is 0.595. The molecule has 0 aromatic carbocycles. The first-order chi connectivity index (χ1) is 5.17. The topological polar surface area (TPSA) is 52.3 Å². The molecule has 0 fully saturated rings. The SMILES string of the molecule is [2H]N[C@H](C(=O)OC)[C@@H](C)CC. The van der Waals surface area contributed by atoms with E-state index >= 15 is 0 Å². The van der Waals surface area contributed by atoms with E-state index < -0.39 is 6.04 Å². The van der Waals surface area contributed by atoms with E-state index in [9.17, 15) is 4.79 Å². The van der Waals surface area contributed by atoms with Gasteiger partial charge in [0.15, 0.2) is 0 Å². The fraction of sp³-hybridized carbons (Fsp3) is 0.857. The van der Waals surface area contributed by atoms with Crippen LogP contribution in [0.15, 0.2) is 0 Å². The Kier molecular flexibility index (Phi) is 3.22. The third-order valence-electron chi connectivity index (χ3n) is 1.67. The molecular formula is C7H15NO2. The van der Waals surface area contributed by atoms with Crippen LogP contribution in [0.5, 0.6) is 0 Å². The number of carbonyl (C=O) groups excluding carboxylic acids is 1. The molecule has 3 nitrogen and oxygen atoms in total. The number of rotatable bonds is 4. The average molecular weight is 146 g/mol. The molecule has 0 spiro atoms. The van der Waals surface area contributed by atoms with E-state index in [4.69, 9.17) is 1.41 Å². The molecule has 3 heteroatoms. The third kappa shape index (κ3) is 2.35. The van der Waals surface area contributed by atoms with Crippen molar-refractivity contribution in [2.75, 3.05) is 7.11 Å². The summed E-state index contributed by atoms with van der Waals surface area (Å²) in [7, 11) is 1.33. The van der Waals surface area contributed by atoms with Gasteiger partial charge in [-0.05, 0) is 5.92 Å². The van der Waals surface area contributed by atoms with Gasteiger partial charge < -0.3 is 10.5 Å². The van der Waals surface area contributed by atoms with Crippen LogP contribution in [0.4, 0.5) is 0 Å². The van der Waals surface area contributed by atoms with E-state index in [-0.39, 0.29) is 11.9 Å². The minimum atomic E-state index is -0.495. The summed E-state index contributed by atoms with van der Waals surface area (Å²) in [5.41, 5.74) is 2.18. The first-order valence-corrected chi connectivity index (χ1v) is 3.42. The van der Waals surface area contributed by atoms with Crippen molar-refractivity contribution in [2.45, 2.75) is 26.3 Å². The maximum Gasteiger partial charge on any atom is 0.322 e. The molecule has 0 aliphatic carbocycles. The lowest BCUT2D eigenvalue weighted by Crippen LogP contribution is -2.37. The molecule has 2 atom stereocenters. The van der Waals surface area contributed by atoms with Crippen molar-refractivity contribution in [3.05, 3.63) is 0 Å². The van der Waals surface area contributed by atoms with Crippen LogP contribution in [-0.2, 0) is 9.53 Å². The van der Waals surface area contributed by atoms with Gasteiger partial charge in [0.25, 0.3) is 0 Å². The van der Waals surface area contributed by atoms with Crippen LogP contribution in [0.25, 0.3) is 0 Å². The number of esters is 1. The van der Waals surface area contributed by atoms with Crippen molar-refractivity contribution in [3.8, 4) is 0 Å². The number of ether oxygens (including phenoxy) is 1. The highest BCUT2D eigenvalue weighted by Crippen LogP contribution is 2.05. The monoisotopic (exact) mass is 146 g/mol. The Morgan fingerprint density at radius 1 is 1.90 bits per heavy atom. The summed E-state index contributed by atoms with van der Waals surface area (Å²) < 4.78 is 11.4. The summed E-state index contributed by atoms with van der Waals surface area (Å²) >= 11 is 0. The highest BCUT2D eigenvalue weighted by molar-refractivity contribution is 5.75. The van der Waals surface area contributed by atoms with E-state index in [1.165, 1.54) is 7.11 Å². The van der Waals surface area contributed by atoms with Gasteiger partial charge in [-0.15, -0.1) is 0 Å².